The van der Waals surface area contributed by atoms with Gasteiger partial charge >= 0.3 is 0 Å². The Hall–Kier alpha value is -1.22. The van der Waals surface area contributed by atoms with Crippen molar-refractivity contribution in [3.8, 4) is 0 Å². The highest BCUT2D eigenvalue weighted by Crippen LogP contribution is 2.25. The lowest BCUT2D eigenvalue weighted by atomic mass is 9.94. The number of piperazine rings is 1. The predicted molar refractivity (Wildman–Crippen MR) is 81.5 cm³/mol. The SMILES string of the molecule is Nc1ccc(N2CCN(C3CCCCC3)CC2)cc1. The minimum Gasteiger partial charge on any atom is -0.399 e. The Balaban J connectivity index is 1.55. The highest BCUT2D eigenvalue weighted by molar-refractivity contribution is 5.53. The fourth-order valence-electron chi connectivity index (χ4n) is 3.48. The molecule has 19 heavy (non-hydrogen) atoms. The zero-order chi connectivity index (χ0) is 13.1. The molecule has 0 unspecified atom stereocenters. The van der Waals surface area contributed by atoms with Crippen LogP contribution in [-0.2, 0) is 0 Å². The summed E-state index contributed by atoms with van der Waals surface area (Å²) >= 11 is 0. The van der Waals surface area contributed by atoms with Gasteiger partial charge in [0.15, 0.2) is 0 Å². The molecule has 1 saturated carbocycles. The molecule has 1 aliphatic heterocycles. The average Bonchev–Trinajstić information content (AvgIpc) is 2.49. The van der Waals surface area contributed by atoms with Crippen LogP contribution in [0, 0.1) is 0 Å². The molecule has 1 aromatic carbocycles. The summed E-state index contributed by atoms with van der Waals surface area (Å²) in [5.41, 5.74) is 7.92. The van der Waals surface area contributed by atoms with Gasteiger partial charge in [0, 0.05) is 43.6 Å². The van der Waals surface area contributed by atoms with Crippen LogP contribution in [0.5, 0.6) is 0 Å². The van der Waals surface area contributed by atoms with Crippen LogP contribution < -0.4 is 10.6 Å². The number of hydrogen-bond donors (Lipinski definition) is 1. The van der Waals surface area contributed by atoms with E-state index in [-0.39, 0.29) is 0 Å². The lowest BCUT2D eigenvalue weighted by Crippen LogP contribution is -2.50. The Kier molecular flexibility index (Phi) is 3.92. The molecule has 2 N–H and O–H groups in total. The van der Waals surface area contributed by atoms with E-state index in [2.05, 4.69) is 21.9 Å². The smallest absolute Gasteiger partial charge is 0.0368 e. The van der Waals surface area contributed by atoms with E-state index in [9.17, 15) is 0 Å². The first-order valence-corrected chi connectivity index (χ1v) is 7.67. The maximum Gasteiger partial charge on any atom is 0.0368 e. The van der Waals surface area contributed by atoms with Crippen LogP contribution in [0.15, 0.2) is 24.3 Å². The van der Waals surface area contributed by atoms with Gasteiger partial charge < -0.3 is 10.6 Å². The van der Waals surface area contributed by atoms with Crippen LogP contribution in [-0.4, -0.2) is 37.1 Å². The highest BCUT2D eigenvalue weighted by Gasteiger charge is 2.24. The van der Waals surface area contributed by atoms with Gasteiger partial charge in [-0.05, 0) is 37.1 Å². The normalized spacial score (nSPS) is 22.6. The lowest BCUT2D eigenvalue weighted by Gasteiger charge is -2.41. The monoisotopic (exact) mass is 259 g/mol. The minimum atomic E-state index is 0.851. The second-order valence-corrected chi connectivity index (χ2v) is 5.91. The number of rotatable bonds is 2. The Morgan fingerprint density at radius 3 is 2.11 bits per heavy atom. The Morgan fingerprint density at radius 2 is 1.47 bits per heavy atom. The van der Waals surface area contributed by atoms with Crippen molar-refractivity contribution in [1.82, 2.24) is 4.90 Å². The Bertz CT molecular complexity index is 387. The molecule has 0 atom stereocenters. The van der Waals surface area contributed by atoms with Crippen molar-refractivity contribution in [2.75, 3.05) is 36.8 Å². The van der Waals surface area contributed by atoms with Crippen LogP contribution in [0.3, 0.4) is 0 Å². The molecule has 2 aliphatic rings. The summed E-state index contributed by atoms with van der Waals surface area (Å²) in [6.07, 6.45) is 7.15. The van der Waals surface area contributed by atoms with Gasteiger partial charge in [0.05, 0.1) is 0 Å². The van der Waals surface area contributed by atoms with Crippen LogP contribution >= 0.6 is 0 Å². The van der Waals surface area contributed by atoms with E-state index in [1.807, 2.05) is 12.1 Å². The molecule has 1 heterocycles. The van der Waals surface area contributed by atoms with Gasteiger partial charge in [0.1, 0.15) is 0 Å². The fraction of sp³-hybridized carbons (Fsp3) is 0.625. The van der Waals surface area contributed by atoms with E-state index in [4.69, 9.17) is 5.73 Å². The molecule has 3 heteroatoms. The third-order valence-electron chi connectivity index (χ3n) is 4.66. The molecule has 0 radical (unpaired) electrons. The van der Waals surface area contributed by atoms with Crippen LogP contribution in [0.1, 0.15) is 32.1 Å². The molecule has 1 saturated heterocycles. The molecule has 2 fully saturated rings. The number of hydrogen-bond acceptors (Lipinski definition) is 3. The zero-order valence-electron chi connectivity index (χ0n) is 11.7. The summed E-state index contributed by atoms with van der Waals surface area (Å²) < 4.78 is 0. The molecule has 0 aromatic heterocycles. The number of nitrogens with two attached hydrogens (primary N) is 1. The lowest BCUT2D eigenvalue weighted by molar-refractivity contribution is 0.148. The summed E-state index contributed by atoms with van der Waals surface area (Å²) in [7, 11) is 0. The van der Waals surface area contributed by atoms with Crippen LogP contribution in [0.25, 0.3) is 0 Å². The van der Waals surface area contributed by atoms with Gasteiger partial charge in [-0.1, -0.05) is 19.3 Å². The average molecular weight is 259 g/mol. The third-order valence-corrected chi connectivity index (χ3v) is 4.66. The maximum atomic E-state index is 5.75. The highest BCUT2D eigenvalue weighted by atomic mass is 15.3. The Labute approximate surface area is 116 Å². The van der Waals surface area contributed by atoms with E-state index in [0.29, 0.717) is 0 Å². The molecule has 104 valence electrons. The van der Waals surface area contributed by atoms with E-state index in [1.165, 1.54) is 50.9 Å². The summed E-state index contributed by atoms with van der Waals surface area (Å²) in [5.74, 6) is 0. The molecule has 1 aromatic rings. The van der Waals surface area contributed by atoms with Gasteiger partial charge in [-0.3, -0.25) is 4.90 Å². The quantitative estimate of drug-likeness (QED) is 0.829. The third kappa shape index (κ3) is 3.03. The number of nitrogens with zero attached hydrogens (tertiary/aromatic N) is 2. The Morgan fingerprint density at radius 1 is 0.842 bits per heavy atom. The molecular formula is C16H25N3. The van der Waals surface area contributed by atoms with Gasteiger partial charge in [0.25, 0.3) is 0 Å². The van der Waals surface area contributed by atoms with Crippen LogP contribution in [0.4, 0.5) is 11.4 Å². The van der Waals surface area contributed by atoms with E-state index in [0.717, 1.165) is 24.8 Å². The van der Waals surface area contributed by atoms with Crippen molar-refractivity contribution >= 4 is 11.4 Å². The topological polar surface area (TPSA) is 32.5 Å². The first kappa shape index (κ1) is 12.8. The first-order chi connectivity index (χ1) is 9.33. The zero-order valence-corrected chi connectivity index (χ0v) is 11.7. The number of benzene rings is 1. The summed E-state index contributed by atoms with van der Waals surface area (Å²) in [5, 5.41) is 0. The van der Waals surface area contributed by atoms with Crippen molar-refractivity contribution in [1.29, 1.82) is 0 Å². The molecule has 3 rings (SSSR count). The molecule has 0 bridgehead atoms. The molecule has 3 nitrogen and oxygen atoms in total. The number of nitrogen functional groups attached to an aromatic ring is 1. The minimum absolute atomic E-state index is 0.851. The largest absolute Gasteiger partial charge is 0.399 e. The van der Waals surface area contributed by atoms with E-state index in [1.54, 1.807) is 0 Å². The van der Waals surface area contributed by atoms with Crippen molar-refractivity contribution in [2.24, 2.45) is 0 Å². The van der Waals surface area contributed by atoms with E-state index < -0.39 is 0 Å². The second kappa shape index (κ2) is 5.83. The summed E-state index contributed by atoms with van der Waals surface area (Å²) in [6.45, 7) is 4.74. The molecule has 1 aliphatic carbocycles. The molecular weight excluding hydrogens is 234 g/mol. The first-order valence-electron chi connectivity index (χ1n) is 7.67. The van der Waals surface area contributed by atoms with Crippen LogP contribution in [0.2, 0.25) is 0 Å². The molecule has 0 spiro atoms. The van der Waals surface area contributed by atoms with Gasteiger partial charge in [0.2, 0.25) is 0 Å². The van der Waals surface area contributed by atoms with Crippen molar-refractivity contribution < 1.29 is 0 Å². The fourth-order valence-corrected chi connectivity index (χ4v) is 3.48. The van der Waals surface area contributed by atoms with Gasteiger partial charge in [-0.25, -0.2) is 0 Å². The van der Waals surface area contributed by atoms with E-state index >= 15 is 0 Å². The van der Waals surface area contributed by atoms with Gasteiger partial charge in [-0.2, -0.15) is 0 Å². The summed E-state index contributed by atoms with van der Waals surface area (Å²) in [6, 6.07) is 9.16. The van der Waals surface area contributed by atoms with Crippen molar-refractivity contribution in [3.05, 3.63) is 24.3 Å². The maximum absolute atomic E-state index is 5.75. The standard InChI is InChI=1S/C16H25N3/c17-14-6-8-16(9-7-14)19-12-10-18(11-13-19)15-4-2-1-3-5-15/h6-9,15H,1-5,10-13,17H2. The predicted octanol–water partition coefficient (Wildman–Crippen LogP) is 2.72. The molecule has 0 amide bonds. The van der Waals surface area contributed by atoms with Crippen molar-refractivity contribution in [3.63, 3.8) is 0 Å². The number of anilines is 2. The second-order valence-electron chi connectivity index (χ2n) is 5.91. The summed E-state index contributed by atoms with van der Waals surface area (Å²) in [4.78, 5) is 5.20. The van der Waals surface area contributed by atoms with Gasteiger partial charge in [-0.15, -0.1) is 0 Å². The van der Waals surface area contributed by atoms with Crippen molar-refractivity contribution in [2.45, 2.75) is 38.1 Å².